The van der Waals surface area contributed by atoms with Gasteiger partial charge >= 0.3 is 0 Å². The second kappa shape index (κ2) is 11.9. The summed E-state index contributed by atoms with van der Waals surface area (Å²) in [4.78, 5) is 6.75. The summed E-state index contributed by atoms with van der Waals surface area (Å²) in [6.07, 6.45) is 0.999. The van der Waals surface area contributed by atoms with E-state index >= 15 is 0 Å². The van der Waals surface area contributed by atoms with E-state index in [1.165, 1.54) is 0 Å². The number of rotatable bonds is 8. The van der Waals surface area contributed by atoms with Gasteiger partial charge in [0.25, 0.3) is 0 Å². The maximum atomic E-state index is 11.4. The van der Waals surface area contributed by atoms with Gasteiger partial charge in [0.1, 0.15) is 0 Å². The van der Waals surface area contributed by atoms with Crippen LogP contribution in [0.15, 0.2) is 29.3 Å². The molecule has 1 aromatic rings. The van der Waals surface area contributed by atoms with Crippen molar-refractivity contribution in [3.05, 3.63) is 29.3 Å². The van der Waals surface area contributed by atoms with Crippen LogP contribution in [0.25, 0.3) is 0 Å². The summed E-state index contributed by atoms with van der Waals surface area (Å²) in [5, 5.41) is 7.38. The van der Waals surface area contributed by atoms with Crippen LogP contribution in [0.3, 0.4) is 0 Å². The van der Waals surface area contributed by atoms with E-state index < -0.39 is 10.0 Å². The summed E-state index contributed by atoms with van der Waals surface area (Å²) >= 11 is 6.08. The monoisotopic (exact) mass is 529 g/mol. The van der Waals surface area contributed by atoms with Crippen LogP contribution in [0, 0.1) is 0 Å². The van der Waals surface area contributed by atoms with E-state index in [2.05, 4.69) is 31.3 Å². The SMILES string of the molecule is CCNC(=NCCNS(=O)(=O)CC)NC1CCN(c2cccc(Cl)c2)C1.I. The van der Waals surface area contributed by atoms with Crippen LogP contribution in [0.1, 0.15) is 20.3 Å². The van der Waals surface area contributed by atoms with Gasteiger partial charge in [-0.2, -0.15) is 0 Å². The standard InChI is InChI=1S/C17H28ClN5O2S.HI/c1-3-19-17(20-9-10-21-26(24,25)4-2)22-15-8-11-23(13-15)16-7-5-6-14(18)12-16;/h5-7,12,15,21H,3-4,8-11,13H2,1-2H3,(H2,19,20,22);1H. The molecule has 154 valence electrons. The van der Waals surface area contributed by atoms with Crippen molar-refractivity contribution in [2.45, 2.75) is 26.3 Å². The minimum atomic E-state index is -3.17. The first-order chi connectivity index (χ1) is 12.4. The number of hydrogen-bond donors (Lipinski definition) is 3. The minimum Gasteiger partial charge on any atom is -0.369 e. The van der Waals surface area contributed by atoms with Gasteiger partial charge in [0.05, 0.1) is 12.3 Å². The average molecular weight is 530 g/mol. The lowest BCUT2D eigenvalue weighted by molar-refractivity contribution is 0.583. The van der Waals surface area contributed by atoms with Crippen LogP contribution in [0.2, 0.25) is 5.02 Å². The Balaban J connectivity index is 0.00000364. The number of aliphatic imine (C=N–C) groups is 1. The third kappa shape index (κ3) is 8.41. The number of anilines is 1. The Hall–Kier alpha value is -0.780. The fraction of sp³-hybridized carbons (Fsp3) is 0.588. The lowest BCUT2D eigenvalue weighted by atomic mass is 10.3. The van der Waals surface area contributed by atoms with Crippen molar-refractivity contribution in [1.82, 2.24) is 15.4 Å². The first kappa shape index (κ1) is 24.3. The summed E-state index contributed by atoms with van der Waals surface area (Å²) in [6, 6.07) is 8.15. The Morgan fingerprint density at radius 1 is 1.37 bits per heavy atom. The van der Waals surface area contributed by atoms with E-state index in [1.54, 1.807) is 6.92 Å². The quantitative estimate of drug-likeness (QED) is 0.208. The van der Waals surface area contributed by atoms with Crippen LogP contribution in [-0.2, 0) is 10.0 Å². The molecule has 27 heavy (non-hydrogen) atoms. The molecule has 0 aromatic heterocycles. The van der Waals surface area contributed by atoms with Crippen molar-refractivity contribution in [1.29, 1.82) is 0 Å². The van der Waals surface area contributed by atoms with Crippen molar-refractivity contribution < 1.29 is 8.42 Å². The molecule has 0 aliphatic carbocycles. The van der Waals surface area contributed by atoms with Gasteiger partial charge in [-0.3, -0.25) is 4.99 Å². The van der Waals surface area contributed by atoms with E-state index in [1.807, 2.05) is 25.1 Å². The highest BCUT2D eigenvalue weighted by Gasteiger charge is 2.23. The molecule has 0 saturated carbocycles. The number of nitrogens with one attached hydrogen (secondary N) is 3. The maximum absolute atomic E-state index is 11.4. The van der Waals surface area contributed by atoms with Gasteiger partial charge in [0, 0.05) is 42.9 Å². The molecule has 0 spiro atoms. The van der Waals surface area contributed by atoms with Gasteiger partial charge in [0.2, 0.25) is 10.0 Å². The highest BCUT2D eigenvalue weighted by atomic mass is 127. The molecule has 3 N–H and O–H groups in total. The molecular weight excluding hydrogens is 501 g/mol. The molecule has 1 aliphatic heterocycles. The number of sulfonamides is 1. The smallest absolute Gasteiger partial charge is 0.211 e. The molecule has 1 aromatic carbocycles. The molecule has 1 fully saturated rings. The van der Waals surface area contributed by atoms with Gasteiger partial charge in [-0.05, 0) is 38.5 Å². The molecule has 1 unspecified atom stereocenters. The summed E-state index contributed by atoms with van der Waals surface area (Å²) in [7, 11) is -3.17. The number of guanidine groups is 1. The van der Waals surface area contributed by atoms with E-state index in [0.717, 1.165) is 36.8 Å². The van der Waals surface area contributed by atoms with Crippen LogP contribution < -0.4 is 20.3 Å². The lowest BCUT2D eigenvalue weighted by Gasteiger charge is -2.20. The normalized spacial score (nSPS) is 17.5. The molecule has 0 bridgehead atoms. The molecule has 7 nitrogen and oxygen atoms in total. The first-order valence-electron chi connectivity index (χ1n) is 8.96. The van der Waals surface area contributed by atoms with Crippen LogP contribution >= 0.6 is 35.6 Å². The zero-order valence-corrected chi connectivity index (χ0v) is 19.6. The van der Waals surface area contributed by atoms with Crippen LogP contribution in [-0.4, -0.2) is 58.9 Å². The predicted octanol–water partition coefficient (Wildman–Crippen LogP) is 2.03. The third-order valence-electron chi connectivity index (χ3n) is 4.13. The van der Waals surface area contributed by atoms with E-state index in [-0.39, 0.29) is 35.8 Å². The third-order valence-corrected chi connectivity index (χ3v) is 5.77. The Morgan fingerprint density at radius 2 is 2.15 bits per heavy atom. The predicted molar refractivity (Wildman–Crippen MR) is 124 cm³/mol. The minimum absolute atomic E-state index is 0. The topological polar surface area (TPSA) is 85.8 Å². The summed E-state index contributed by atoms with van der Waals surface area (Å²) in [5.41, 5.74) is 1.12. The summed E-state index contributed by atoms with van der Waals surface area (Å²) in [5.74, 6) is 0.789. The van der Waals surface area contributed by atoms with Crippen molar-refractivity contribution in [3.63, 3.8) is 0 Å². The maximum Gasteiger partial charge on any atom is 0.211 e. The van der Waals surface area contributed by atoms with Gasteiger partial charge in [0.15, 0.2) is 5.96 Å². The largest absolute Gasteiger partial charge is 0.369 e. The number of hydrogen-bond acceptors (Lipinski definition) is 4. The molecule has 1 heterocycles. The number of nitrogens with zero attached hydrogens (tertiary/aromatic N) is 2. The highest BCUT2D eigenvalue weighted by Crippen LogP contribution is 2.23. The fourth-order valence-corrected chi connectivity index (χ4v) is 3.56. The van der Waals surface area contributed by atoms with Crippen molar-refractivity contribution in [2.75, 3.05) is 43.4 Å². The Bertz CT molecular complexity index is 717. The Labute approximate surface area is 184 Å². The van der Waals surface area contributed by atoms with Crippen LogP contribution in [0.5, 0.6) is 0 Å². The summed E-state index contributed by atoms with van der Waals surface area (Å²) in [6.45, 7) is 6.87. The van der Waals surface area contributed by atoms with Crippen molar-refractivity contribution in [3.8, 4) is 0 Å². The van der Waals surface area contributed by atoms with Crippen molar-refractivity contribution in [2.24, 2.45) is 4.99 Å². The second-order valence-corrected chi connectivity index (χ2v) is 8.65. The van der Waals surface area contributed by atoms with Gasteiger partial charge in [-0.1, -0.05) is 17.7 Å². The molecule has 1 atom stereocenters. The second-order valence-electron chi connectivity index (χ2n) is 6.11. The Kier molecular flexibility index (Phi) is 10.7. The molecule has 10 heteroatoms. The molecular formula is C17H29ClIN5O2S. The van der Waals surface area contributed by atoms with Gasteiger partial charge < -0.3 is 15.5 Å². The molecule has 1 saturated heterocycles. The highest BCUT2D eigenvalue weighted by molar-refractivity contribution is 14.0. The van der Waals surface area contributed by atoms with E-state index in [4.69, 9.17) is 11.6 Å². The summed E-state index contributed by atoms with van der Waals surface area (Å²) < 4.78 is 25.4. The Morgan fingerprint density at radius 3 is 2.81 bits per heavy atom. The number of halogens is 2. The molecule has 1 aliphatic rings. The van der Waals surface area contributed by atoms with Gasteiger partial charge in [-0.25, -0.2) is 13.1 Å². The van der Waals surface area contributed by atoms with Crippen LogP contribution in [0.4, 0.5) is 5.69 Å². The molecule has 2 rings (SSSR count). The lowest BCUT2D eigenvalue weighted by Crippen LogP contribution is -2.45. The molecule has 0 amide bonds. The zero-order valence-electron chi connectivity index (χ0n) is 15.7. The first-order valence-corrected chi connectivity index (χ1v) is 11.0. The van der Waals surface area contributed by atoms with Gasteiger partial charge in [-0.15, -0.1) is 24.0 Å². The van der Waals surface area contributed by atoms with E-state index in [0.29, 0.717) is 19.0 Å². The fourth-order valence-electron chi connectivity index (χ4n) is 2.77. The van der Waals surface area contributed by atoms with Crippen molar-refractivity contribution >= 4 is 57.2 Å². The number of benzene rings is 1. The average Bonchev–Trinajstić information content (AvgIpc) is 3.07. The molecule has 0 radical (unpaired) electrons. The van der Waals surface area contributed by atoms with E-state index in [9.17, 15) is 8.42 Å². The zero-order chi connectivity index (χ0) is 19.0.